The Bertz CT molecular complexity index is 681. The lowest BCUT2D eigenvalue weighted by atomic mass is 10.2. The number of amides is 1. The van der Waals surface area contributed by atoms with Gasteiger partial charge in [0, 0.05) is 18.7 Å². The Labute approximate surface area is 127 Å². The number of Topliss-reactive ketones (excluding diaryl/α,β-unsaturated/α-hetero) is 1. The Balaban J connectivity index is 1.92. The topological polar surface area (TPSA) is 85.4 Å². The van der Waals surface area contributed by atoms with Crippen LogP contribution in [0.2, 0.25) is 0 Å². The smallest absolute Gasteiger partial charge is 0.338 e. The van der Waals surface area contributed by atoms with Gasteiger partial charge in [-0.3, -0.25) is 9.59 Å². The second-order valence-electron chi connectivity index (χ2n) is 4.48. The van der Waals surface area contributed by atoms with Crippen molar-refractivity contribution >= 4 is 23.5 Å². The molecule has 2 rings (SSSR count). The molecule has 6 heteroatoms. The monoisotopic (exact) mass is 298 g/mol. The normalized spacial score (nSPS) is 9.86. The molecule has 0 fully saturated rings. The summed E-state index contributed by atoms with van der Waals surface area (Å²) in [7, 11) is 0. The van der Waals surface area contributed by atoms with Gasteiger partial charge in [-0.05, 0) is 24.3 Å². The van der Waals surface area contributed by atoms with Gasteiger partial charge in [0.2, 0.25) is 11.7 Å². The third-order valence-electron chi connectivity index (χ3n) is 2.73. The lowest BCUT2D eigenvalue weighted by molar-refractivity contribution is -0.114. The number of pyridine rings is 1. The number of esters is 1. The largest absolute Gasteiger partial charge is 0.454 e. The number of anilines is 1. The van der Waals surface area contributed by atoms with Gasteiger partial charge in [-0.25, -0.2) is 9.78 Å². The van der Waals surface area contributed by atoms with Gasteiger partial charge in [-0.1, -0.05) is 18.2 Å². The van der Waals surface area contributed by atoms with Crippen LogP contribution < -0.4 is 5.32 Å². The highest BCUT2D eigenvalue weighted by Crippen LogP contribution is 2.07. The summed E-state index contributed by atoms with van der Waals surface area (Å²) in [6.07, 6.45) is 1.32. The maximum absolute atomic E-state index is 11.9. The van der Waals surface area contributed by atoms with Crippen molar-refractivity contribution in [2.75, 3.05) is 11.9 Å². The summed E-state index contributed by atoms with van der Waals surface area (Å²) >= 11 is 0. The Morgan fingerprint density at radius 2 is 1.77 bits per heavy atom. The average Bonchev–Trinajstić information content (AvgIpc) is 2.53. The Morgan fingerprint density at radius 1 is 1.05 bits per heavy atom. The van der Waals surface area contributed by atoms with Crippen LogP contribution >= 0.6 is 0 Å². The van der Waals surface area contributed by atoms with Gasteiger partial charge in [0.1, 0.15) is 5.82 Å². The van der Waals surface area contributed by atoms with Gasteiger partial charge in [-0.2, -0.15) is 0 Å². The Hall–Kier alpha value is -3.02. The van der Waals surface area contributed by atoms with Crippen molar-refractivity contribution in [2.45, 2.75) is 6.92 Å². The second-order valence-corrected chi connectivity index (χ2v) is 4.48. The van der Waals surface area contributed by atoms with Crippen LogP contribution in [-0.2, 0) is 9.53 Å². The molecule has 1 amide bonds. The van der Waals surface area contributed by atoms with Crippen LogP contribution in [0.3, 0.4) is 0 Å². The van der Waals surface area contributed by atoms with E-state index < -0.39 is 5.97 Å². The molecule has 112 valence electrons. The van der Waals surface area contributed by atoms with Crippen LogP contribution in [0.5, 0.6) is 0 Å². The summed E-state index contributed by atoms with van der Waals surface area (Å²) in [6, 6.07) is 11.4. The highest BCUT2D eigenvalue weighted by molar-refractivity contribution is 5.99. The molecule has 22 heavy (non-hydrogen) atoms. The molecule has 0 aliphatic rings. The van der Waals surface area contributed by atoms with Gasteiger partial charge in [0.25, 0.3) is 0 Å². The number of hydrogen-bond acceptors (Lipinski definition) is 5. The zero-order valence-corrected chi connectivity index (χ0v) is 11.9. The van der Waals surface area contributed by atoms with Crippen LogP contribution in [0.15, 0.2) is 48.7 Å². The van der Waals surface area contributed by atoms with E-state index in [2.05, 4.69) is 10.3 Å². The molecule has 0 unspecified atom stereocenters. The average molecular weight is 298 g/mol. The van der Waals surface area contributed by atoms with Gasteiger partial charge in [-0.15, -0.1) is 0 Å². The zero-order valence-electron chi connectivity index (χ0n) is 11.9. The maximum atomic E-state index is 11.9. The van der Waals surface area contributed by atoms with Crippen LogP contribution in [0.4, 0.5) is 5.82 Å². The summed E-state index contributed by atoms with van der Waals surface area (Å²) in [6.45, 7) is 0.999. The number of nitrogens with one attached hydrogen (secondary N) is 1. The molecule has 0 bridgehead atoms. The fraction of sp³-hybridized carbons (Fsp3) is 0.125. The Kier molecular flexibility index (Phi) is 4.98. The molecule has 6 nitrogen and oxygen atoms in total. The van der Waals surface area contributed by atoms with Crippen molar-refractivity contribution in [3.63, 3.8) is 0 Å². The van der Waals surface area contributed by atoms with Gasteiger partial charge < -0.3 is 10.1 Å². The molecular formula is C16H14N2O4. The summed E-state index contributed by atoms with van der Waals surface area (Å²) < 4.78 is 4.95. The molecule has 0 saturated heterocycles. The van der Waals surface area contributed by atoms with Crippen molar-refractivity contribution in [3.8, 4) is 0 Å². The van der Waals surface area contributed by atoms with Gasteiger partial charge in [0.15, 0.2) is 6.61 Å². The molecule has 0 aliphatic carbocycles. The molecule has 0 aliphatic heterocycles. The number of carbonyl (C=O) groups is 3. The third-order valence-corrected chi connectivity index (χ3v) is 2.73. The first kappa shape index (κ1) is 15.4. The van der Waals surface area contributed by atoms with Gasteiger partial charge >= 0.3 is 5.97 Å². The highest BCUT2D eigenvalue weighted by Gasteiger charge is 2.12. The molecule has 1 aromatic heterocycles. The second kappa shape index (κ2) is 7.12. The van der Waals surface area contributed by atoms with E-state index in [-0.39, 0.29) is 18.3 Å². The molecule has 2 aromatic rings. The van der Waals surface area contributed by atoms with E-state index in [0.717, 1.165) is 0 Å². The highest BCUT2D eigenvalue weighted by atomic mass is 16.5. The molecular weight excluding hydrogens is 284 g/mol. The summed E-state index contributed by atoms with van der Waals surface area (Å²) in [5.41, 5.74) is 0.685. The number of benzene rings is 1. The molecule has 1 N–H and O–H groups in total. The Morgan fingerprint density at radius 3 is 2.36 bits per heavy atom. The number of ketones is 1. The fourth-order valence-electron chi connectivity index (χ4n) is 1.69. The third kappa shape index (κ3) is 4.24. The SMILES string of the molecule is CC(=O)Nc1ccc(C(=O)COC(=O)c2ccccc2)cn1. The molecule has 0 saturated carbocycles. The molecule has 1 aromatic carbocycles. The molecule has 0 spiro atoms. The molecule has 0 radical (unpaired) electrons. The van der Waals surface area contributed by atoms with E-state index in [1.54, 1.807) is 30.3 Å². The standard InChI is InChI=1S/C16H14N2O4/c1-11(19)18-15-8-7-13(9-17-15)14(20)10-22-16(21)12-5-3-2-4-6-12/h2-9H,10H2,1H3,(H,17,18,19). The minimum atomic E-state index is -0.559. The van der Waals surface area contributed by atoms with Crippen molar-refractivity contribution in [1.82, 2.24) is 4.98 Å². The predicted molar refractivity (Wildman–Crippen MR) is 79.6 cm³/mol. The van der Waals surface area contributed by atoms with Crippen molar-refractivity contribution in [2.24, 2.45) is 0 Å². The number of nitrogens with zero attached hydrogens (tertiary/aromatic N) is 1. The minimum absolute atomic E-state index is 0.247. The van der Waals surface area contributed by atoms with Crippen molar-refractivity contribution in [3.05, 3.63) is 59.8 Å². The van der Waals surface area contributed by atoms with Crippen LogP contribution in [-0.4, -0.2) is 29.3 Å². The first-order valence-corrected chi connectivity index (χ1v) is 6.55. The summed E-state index contributed by atoms with van der Waals surface area (Å²) in [5.74, 6) is -0.823. The first-order chi connectivity index (χ1) is 10.6. The fourth-order valence-corrected chi connectivity index (χ4v) is 1.69. The lowest BCUT2D eigenvalue weighted by Gasteiger charge is -2.05. The number of rotatable bonds is 5. The number of hydrogen-bond donors (Lipinski definition) is 1. The maximum Gasteiger partial charge on any atom is 0.338 e. The van der Waals surface area contributed by atoms with Crippen LogP contribution in [0.1, 0.15) is 27.6 Å². The molecule has 0 atom stereocenters. The number of aromatic nitrogens is 1. The van der Waals surface area contributed by atoms with Crippen LogP contribution in [0.25, 0.3) is 0 Å². The van der Waals surface area contributed by atoms with E-state index >= 15 is 0 Å². The van der Waals surface area contributed by atoms with Crippen LogP contribution in [0, 0.1) is 0 Å². The minimum Gasteiger partial charge on any atom is -0.454 e. The van der Waals surface area contributed by atoms with Crippen molar-refractivity contribution < 1.29 is 19.1 Å². The lowest BCUT2D eigenvalue weighted by Crippen LogP contribution is -2.15. The van der Waals surface area contributed by atoms with E-state index in [9.17, 15) is 14.4 Å². The zero-order chi connectivity index (χ0) is 15.9. The van der Waals surface area contributed by atoms with Crippen molar-refractivity contribution in [1.29, 1.82) is 0 Å². The number of ether oxygens (including phenoxy) is 1. The first-order valence-electron chi connectivity index (χ1n) is 6.55. The predicted octanol–water partition coefficient (Wildman–Crippen LogP) is 2.08. The van der Waals surface area contributed by atoms with E-state index in [1.165, 1.54) is 25.3 Å². The van der Waals surface area contributed by atoms with E-state index in [1.807, 2.05) is 0 Å². The molecule has 1 heterocycles. The van der Waals surface area contributed by atoms with Gasteiger partial charge in [0.05, 0.1) is 5.56 Å². The summed E-state index contributed by atoms with van der Waals surface area (Å²) in [5, 5.41) is 2.50. The van der Waals surface area contributed by atoms with E-state index in [4.69, 9.17) is 4.74 Å². The quantitative estimate of drug-likeness (QED) is 0.674. The number of carbonyl (C=O) groups excluding carboxylic acids is 3. The van der Waals surface area contributed by atoms with E-state index in [0.29, 0.717) is 16.9 Å². The summed E-state index contributed by atoms with van der Waals surface area (Å²) in [4.78, 5) is 38.4.